The first-order valence-corrected chi connectivity index (χ1v) is 20.0. The van der Waals surface area contributed by atoms with Crippen molar-refractivity contribution in [2.24, 2.45) is 0 Å². The summed E-state index contributed by atoms with van der Waals surface area (Å²) in [6.07, 6.45) is 0. The molecule has 0 aliphatic carbocycles. The lowest BCUT2D eigenvalue weighted by Gasteiger charge is -2.28. The first-order valence-electron chi connectivity index (χ1n) is 17.5. The van der Waals surface area contributed by atoms with Gasteiger partial charge in [-0.05, 0) is 58.7 Å². The van der Waals surface area contributed by atoms with E-state index in [1.165, 1.54) is 99.8 Å². The van der Waals surface area contributed by atoms with E-state index < -0.39 is 0 Å². The molecule has 1 nitrogen and oxygen atoms in total. The first kappa shape index (κ1) is 29.9. The summed E-state index contributed by atoms with van der Waals surface area (Å²) in [5, 5.41) is 7.77. The molecule has 0 radical (unpaired) electrons. The fourth-order valence-corrected chi connectivity index (χ4v) is 11.7. The topological polar surface area (TPSA) is 3.24 Å². The van der Waals surface area contributed by atoms with Crippen LogP contribution in [-0.4, -0.2) is 0 Å². The summed E-state index contributed by atoms with van der Waals surface area (Å²) < 4.78 is 7.83. The summed E-state index contributed by atoms with van der Waals surface area (Å²) in [5.41, 5.74) is 8.66. The van der Waals surface area contributed by atoms with E-state index in [2.05, 4.69) is 181 Å². The molecule has 0 amide bonds. The molecule has 3 aromatic heterocycles. The fraction of sp³-hybridized carbons (Fsp3) is 0. The van der Waals surface area contributed by atoms with Gasteiger partial charge < -0.3 is 4.90 Å². The Balaban J connectivity index is 1.26. The Morgan fingerprint density at radius 2 is 0.750 bits per heavy atom. The quantitative estimate of drug-likeness (QED) is 0.171. The molecular weight excluding hydrogens is 687 g/mol. The molecule has 11 rings (SSSR count). The minimum Gasteiger partial charge on any atom is -0.308 e. The molecule has 4 heteroatoms. The maximum atomic E-state index is 2.57. The second-order valence-electron chi connectivity index (χ2n) is 13.2. The fourth-order valence-electron chi connectivity index (χ4n) is 8.02. The van der Waals surface area contributed by atoms with Gasteiger partial charge in [0.1, 0.15) is 0 Å². The monoisotopic (exact) mass is 715 g/mol. The van der Waals surface area contributed by atoms with Crippen molar-refractivity contribution in [2.45, 2.75) is 0 Å². The number of hydrogen-bond acceptors (Lipinski definition) is 4. The van der Waals surface area contributed by atoms with Crippen molar-refractivity contribution in [2.75, 3.05) is 4.90 Å². The summed E-state index contributed by atoms with van der Waals surface area (Å²) >= 11 is 5.69. The minimum atomic E-state index is 1.20. The lowest BCUT2D eigenvalue weighted by Crippen LogP contribution is -2.10. The molecule has 0 N–H and O–H groups in total. The number of hydrogen-bond donors (Lipinski definition) is 0. The van der Waals surface area contributed by atoms with Crippen LogP contribution < -0.4 is 4.90 Å². The van der Waals surface area contributed by atoms with E-state index in [9.17, 15) is 0 Å². The maximum absolute atomic E-state index is 2.57. The molecule has 0 bridgehead atoms. The number of thiophene rings is 3. The van der Waals surface area contributed by atoms with E-state index in [0.717, 1.165) is 0 Å². The van der Waals surface area contributed by atoms with Crippen LogP contribution in [0.15, 0.2) is 176 Å². The van der Waals surface area contributed by atoms with E-state index in [1.807, 2.05) is 34.0 Å². The van der Waals surface area contributed by atoms with Crippen molar-refractivity contribution in [1.29, 1.82) is 0 Å². The molecule has 0 spiro atoms. The third-order valence-corrected chi connectivity index (χ3v) is 13.9. The Kier molecular flexibility index (Phi) is 6.84. The maximum Gasteiger partial charge on any atom is 0.0640 e. The highest BCUT2D eigenvalue weighted by atomic mass is 32.1. The minimum absolute atomic E-state index is 1.20. The van der Waals surface area contributed by atoms with E-state index in [1.54, 1.807) is 0 Å². The number of fused-ring (bicyclic) bond motifs is 9. The predicted octanol–water partition coefficient (Wildman–Crippen LogP) is 15.6. The normalized spacial score (nSPS) is 11.8. The Morgan fingerprint density at radius 3 is 1.44 bits per heavy atom. The van der Waals surface area contributed by atoms with E-state index >= 15 is 0 Å². The van der Waals surface area contributed by atoms with Gasteiger partial charge in [-0.1, -0.05) is 140 Å². The summed E-state index contributed by atoms with van der Waals surface area (Å²) in [6.45, 7) is 0. The zero-order valence-corrected chi connectivity index (χ0v) is 30.4. The standard InChI is InChI=1S/C48H29NS3/c1-3-14-30(15-4-1)32-19-9-21-34-35-22-11-26-40(48(35)52-46(32)34)49(38-24-12-28-42-44(38)36-18-7-8-27-41(36)50-42)39-25-13-29-43-45(39)37-23-10-20-33(47(37)51-43)31-16-5-2-6-17-31/h1-29H. The summed E-state index contributed by atoms with van der Waals surface area (Å²) in [6, 6.07) is 64.6. The van der Waals surface area contributed by atoms with Crippen molar-refractivity contribution in [3.05, 3.63) is 176 Å². The molecular formula is C48H29NS3. The van der Waals surface area contributed by atoms with Crippen LogP contribution in [0.5, 0.6) is 0 Å². The number of benzene rings is 8. The van der Waals surface area contributed by atoms with Crippen LogP contribution in [0.2, 0.25) is 0 Å². The molecule has 0 saturated carbocycles. The van der Waals surface area contributed by atoms with Crippen LogP contribution in [0.25, 0.3) is 82.8 Å². The second-order valence-corrected chi connectivity index (χ2v) is 16.3. The van der Waals surface area contributed by atoms with Gasteiger partial charge in [0.25, 0.3) is 0 Å². The highest BCUT2D eigenvalue weighted by molar-refractivity contribution is 7.27. The molecule has 11 aromatic rings. The van der Waals surface area contributed by atoms with Gasteiger partial charge in [0.2, 0.25) is 0 Å². The highest BCUT2D eigenvalue weighted by Crippen LogP contribution is 2.53. The van der Waals surface area contributed by atoms with Gasteiger partial charge in [-0.3, -0.25) is 0 Å². The Bertz CT molecular complexity index is 3130. The zero-order chi connectivity index (χ0) is 34.2. The molecule has 0 fully saturated rings. The van der Waals surface area contributed by atoms with Gasteiger partial charge in [-0.2, -0.15) is 0 Å². The van der Waals surface area contributed by atoms with Crippen LogP contribution >= 0.6 is 34.0 Å². The average molecular weight is 716 g/mol. The highest BCUT2D eigenvalue weighted by Gasteiger charge is 2.25. The lowest BCUT2D eigenvalue weighted by atomic mass is 10.0. The van der Waals surface area contributed by atoms with Gasteiger partial charge in [-0.15, -0.1) is 34.0 Å². The predicted molar refractivity (Wildman–Crippen MR) is 231 cm³/mol. The summed E-state index contributed by atoms with van der Waals surface area (Å²) in [5.74, 6) is 0. The van der Waals surface area contributed by atoms with Crippen molar-refractivity contribution >= 4 is 112 Å². The Morgan fingerprint density at radius 1 is 0.288 bits per heavy atom. The summed E-state index contributed by atoms with van der Waals surface area (Å²) in [7, 11) is 0. The Labute approximate surface area is 312 Å². The van der Waals surface area contributed by atoms with Crippen molar-refractivity contribution < 1.29 is 0 Å². The van der Waals surface area contributed by atoms with Crippen molar-refractivity contribution in [1.82, 2.24) is 0 Å². The SMILES string of the molecule is c1ccc(-c2cccc3c2sc2c(N(c4cccc5sc6ccccc6c45)c4cccc5sc6c(-c7ccccc7)cccc6c45)cccc23)cc1. The number of rotatable bonds is 5. The van der Waals surface area contributed by atoms with Gasteiger partial charge in [-0.25, -0.2) is 0 Å². The third-order valence-electron chi connectivity index (χ3n) is 10.3. The molecule has 3 heterocycles. The van der Waals surface area contributed by atoms with Gasteiger partial charge >= 0.3 is 0 Å². The lowest BCUT2D eigenvalue weighted by molar-refractivity contribution is 1.34. The van der Waals surface area contributed by atoms with Crippen LogP contribution in [0.1, 0.15) is 0 Å². The van der Waals surface area contributed by atoms with Crippen LogP contribution in [0, 0.1) is 0 Å². The molecule has 0 unspecified atom stereocenters. The number of anilines is 3. The molecule has 0 aliphatic heterocycles. The molecule has 0 saturated heterocycles. The van der Waals surface area contributed by atoms with Gasteiger partial charge in [0.15, 0.2) is 0 Å². The van der Waals surface area contributed by atoms with Crippen LogP contribution in [0.4, 0.5) is 17.1 Å². The van der Waals surface area contributed by atoms with Crippen molar-refractivity contribution in [3.63, 3.8) is 0 Å². The number of nitrogens with zero attached hydrogens (tertiary/aromatic N) is 1. The van der Waals surface area contributed by atoms with E-state index in [0.29, 0.717) is 0 Å². The zero-order valence-electron chi connectivity index (χ0n) is 27.9. The average Bonchev–Trinajstić information content (AvgIpc) is 3.91. The van der Waals surface area contributed by atoms with E-state index in [-0.39, 0.29) is 0 Å². The first-order chi connectivity index (χ1) is 25.8. The smallest absolute Gasteiger partial charge is 0.0640 e. The van der Waals surface area contributed by atoms with Crippen molar-refractivity contribution in [3.8, 4) is 22.3 Å². The second kappa shape index (κ2) is 11.9. The van der Waals surface area contributed by atoms with Gasteiger partial charge in [0.05, 0.1) is 21.8 Å². The molecule has 244 valence electrons. The van der Waals surface area contributed by atoms with Crippen LogP contribution in [0.3, 0.4) is 0 Å². The van der Waals surface area contributed by atoms with Crippen LogP contribution in [-0.2, 0) is 0 Å². The third kappa shape index (κ3) is 4.52. The molecule has 0 aliphatic rings. The van der Waals surface area contributed by atoms with E-state index in [4.69, 9.17) is 0 Å². The summed E-state index contributed by atoms with van der Waals surface area (Å²) in [4.78, 5) is 2.57. The largest absolute Gasteiger partial charge is 0.308 e. The Hall–Kier alpha value is -5.78. The molecule has 0 atom stereocenters. The molecule has 8 aromatic carbocycles. The molecule has 52 heavy (non-hydrogen) atoms. The van der Waals surface area contributed by atoms with Gasteiger partial charge in [0, 0.05) is 55.8 Å².